The molecule has 0 saturated carbocycles. The van der Waals surface area contributed by atoms with E-state index in [9.17, 15) is 9.18 Å². The molecule has 0 spiro atoms. The molecule has 1 amide bonds. The number of rotatable bonds is 4. The van der Waals surface area contributed by atoms with Crippen molar-refractivity contribution in [2.24, 2.45) is 0 Å². The van der Waals surface area contributed by atoms with Crippen LogP contribution in [0.2, 0.25) is 0 Å². The van der Waals surface area contributed by atoms with Crippen molar-refractivity contribution in [3.8, 4) is 11.4 Å². The van der Waals surface area contributed by atoms with Gasteiger partial charge < -0.3 is 9.42 Å². The van der Waals surface area contributed by atoms with Crippen molar-refractivity contribution in [2.45, 2.75) is 39.0 Å². The number of anilines is 1. The van der Waals surface area contributed by atoms with Crippen molar-refractivity contribution >= 4 is 11.6 Å². The summed E-state index contributed by atoms with van der Waals surface area (Å²) >= 11 is 0. The van der Waals surface area contributed by atoms with E-state index in [4.69, 9.17) is 4.52 Å². The van der Waals surface area contributed by atoms with Crippen LogP contribution in [0.5, 0.6) is 0 Å². The molecule has 0 radical (unpaired) electrons. The number of benzene rings is 2. The van der Waals surface area contributed by atoms with Crippen molar-refractivity contribution in [2.75, 3.05) is 11.4 Å². The largest absolute Gasteiger partial charge is 0.339 e. The van der Waals surface area contributed by atoms with Crippen molar-refractivity contribution in [3.05, 3.63) is 65.3 Å². The van der Waals surface area contributed by atoms with Crippen LogP contribution in [-0.2, 0) is 4.79 Å². The van der Waals surface area contributed by atoms with Gasteiger partial charge in [-0.3, -0.25) is 4.79 Å². The van der Waals surface area contributed by atoms with Gasteiger partial charge in [-0.25, -0.2) is 4.39 Å². The standard InChI is InChI=1S/C22H22FN3O2/c1-13(2)15-4-6-16(7-5-15)21-24-22(28-25-21)17-11-20(27)26(12-17)19-9-8-18(23)10-14(19)3/h4-10,13,17H,11-12H2,1-3H3. The molecule has 0 bridgehead atoms. The molecule has 5 nitrogen and oxygen atoms in total. The first kappa shape index (κ1) is 18.3. The highest BCUT2D eigenvalue weighted by Crippen LogP contribution is 2.33. The highest BCUT2D eigenvalue weighted by atomic mass is 19.1. The Labute approximate surface area is 163 Å². The highest BCUT2D eigenvalue weighted by molar-refractivity contribution is 5.97. The lowest BCUT2D eigenvalue weighted by molar-refractivity contribution is -0.117. The summed E-state index contributed by atoms with van der Waals surface area (Å²) in [6.45, 7) is 6.53. The number of carbonyl (C=O) groups excluding carboxylic acids is 1. The Bertz CT molecular complexity index is 1010. The molecule has 28 heavy (non-hydrogen) atoms. The first-order valence-electron chi connectivity index (χ1n) is 9.43. The average molecular weight is 379 g/mol. The van der Waals surface area contributed by atoms with Gasteiger partial charge >= 0.3 is 0 Å². The summed E-state index contributed by atoms with van der Waals surface area (Å²) in [5, 5.41) is 4.09. The predicted molar refractivity (Wildman–Crippen MR) is 105 cm³/mol. The Hall–Kier alpha value is -3.02. The first-order valence-corrected chi connectivity index (χ1v) is 9.43. The SMILES string of the molecule is Cc1cc(F)ccc1N1CC(c2nc(-c3ccc(C(C)C)cc3)no2)CC1=O. The van der Waals surface area contributed by atoms with Gasteiger partial charge in [-0.2, -0.15) is 4.98 Å². The first-order chi connectivity index (χ1) is 13.4. The minimum absolute atomic E-state index is 0.0271. The second-order valence-electron chi connectivity index (χ2n) is 7.57. The molecule has 1 aliphatic rings. The number of carbonyl (C=O) groups is 1. The van der Waals surface area contributed by atoms with E-state index in [1.165, 1.54) is 17.7 Å². The van der Waals surface area contributed by atoms with Gasteiger partial charge in [-0.1, -0.05) is 43.3 Å². The maximum absolute atomic E-state index is 13.4. The van der Waals surface area contributed by atoms with Crippen LogP contribution in [0.4, 0.5) is 10.1 Å². The number of hydrogen-bond acceptors (Lipinski definition) is 4. The molecule has 2 aromatic carbocycles. The molecule has 4 rings (SSSR count). The number of hydrogen-bond donors (Lipinski definition) is 0. The average Bonchev–Trinajstić information content (AvgIpc) is 3.29. The van der Waals surface area contributed by atoms with Gasteiger partial charge in [-0.15, -0.1) is 0 Å². The normalized spacial score (nSPS) is 17.0. The van der Waals surface area contributed by atoms with Crippen LogP contribution in [0.25, 0.3) is 11.4 Å². The Morgan fingerprint density at radius 1 is 1.18 bits per heavy atom. The van der Waals surface area contributed by atoms with Crippen LogP contribution >= 0.6 is 0 Å². The fourth-order valence-corrected chi connectivity index (χ4v) is 3.56. The second-order valence-corrected chi connectivity index (χ2v) is 7.57. The van der Waals surface area contributed by atoms with Gasteiger partial charge in [0, 0.05) is 24.2 Å². The van der Waals surface area contributed by atoms with Gasteiger partial charge in [0.25, 0.3) is 0 Å². The fourth-order valence-electron chi connectivity index (χ4n) is 3.56. The molecule has 3 aromatic rings. The van der Waals surface area contributed by atoms with Gasteiger partial charge in [0.05, 0.1) is 5.92 Å². The quantitative estimate of drug-likeness (QED) is 0.652. The van der Waals surface area contributed by atoms with E-state index in [2.05, 4.69) is 36.1 Å². The fraction of sp³-hybridized carbons (Fsp3) is 0.318. The zero-order valence-electron chi connectivity index (χ0n) is 16.1. The van der Waals surface area contributed by atoms with Gasteiger partial charge in [0.1, 0.15) is 5.82 Å². The molecule has 1 fully saturated rings. The molecule has 0 N–H and O–H groups in total. The lowest BCUT2D eigenvalue weighted by Crippen LogP contribution is -2.25. The third kappa shape index (κ3) is 3.42. The van der Waals surface area contributed by atoms with Crippen LogP contribution in [0, 0.1) is 12.7 Å². The minimum atomic E-state index is -0.311. The Kier molecular flexibility index (Phi) is 4.71. The van der Waals surface area contributed by atoms with Crippen molar-refractivity contribution in [1.82, 2.24) is 10.1 Å². The van der Waals surface area contributed by atoms with E-state index in [0.29, 0.717) is 30.6 Å². The monoisotopic (exact) mass is 379 g/mol. The molecule has 1 atom stereocenters. The molecule has 1 unspecified atom stereocenters. The Morgan fingerprint density at radius 2 is 1.93 bits per heavy atom. The zero-order chi connectivity index (χ0) is 19.8. The summed E-state index contributed by atoms with van der Waals surface area (Å²) < 4.78 is 18.8. The molecule has 1 aliphatic heterocycles. The predicted octanol–water partition coefficient (Wildman–Crippen LogP) is 4.83. The van der Waals surface area contributed by atoms with E-state index >= 15 is 0 Å². The number of nitrogens with zero attached hydrogens (tertiary/aromatic N) is 3. The second kappa shape index (κ2) is 7.19. The summed E-state index contributed by atoms with van der Waals surface area (Å²) in [4.78, 5) is 18.7. The molecule has 6 heteroatoms. The number of amides is 1. The Balaban J connectivity index is 1.54. The van der Waals surface area contributed by atoms with Crippen molar-refractivity contribution in [3.63, 3.8) is 0 Å². The van der Waals surface area contributed by atoms with Crippen molar-refractivity contribution < 1.29 is 13.7 Å². The van der Waals surface area contributed by atoms with E-state index in [1.54, 1.807) is 17.9 Å². The smallest absolute Gasteiger partial charge is 0.232 e. The molecule has 1 aromatic heterocycles. The molecular weight excluding hydrogens is 357 g/mol. The Morgan fingerprint density at radius 3 is 2.61 bits per heavy atom. The molecule has 1 saturated heterocycles. The van der Waals surface area contributed by atoms with Crippen LogP contribution < -0.4 is 4.90 Å². The highest BCUT2D eigenvalue weighted by Gasteiger charge is 2.35. The molecule has 2 heterocycles. The summed E-state index contributed by atoms with van der Waals surface area (Å²) in [6.07, 6.45) is 0.296. The number of aryl methyl sites for hydroxylation is 1. The number of aromatic nitrogens is 2. The van der Waals surface area contributed by atoms with Gasteiger partial charge in [0.15, 0.2) is 0 Å². The molecule has 0 aliphatic carbocycles. The van der Waals surface area contributed by atoms with Crippen LogP contribution in [0.3, 0.4) is 0 Å². The van der Waals surface area contributed by atoms with Gasteiger partial charge in [0.2, 0.25) is 17.6 Å². The number of halogens is 1. The van der Waals surface area contributed by atoms with E-state index in [-0.39, 0.29) is 17.6 Å². The summed E-state index contributed by atoms with van der Waals surface area (Å²) in [7, 11) is 0. The third-order valence-electron chi connectivity index (χ3n) is 5.20. The van der Waals surface area contributed by atoms with Gasteiger partial charge in [-0.05, 0) is 42.2 Å². The van der Waals surface area contributed by atoms with Crippen molar-refractivity contribution in [1.29, 1.82) is 0 Å². The van der Waals surface area contributed by atoms with E-state index < -0.39 is 0 Å². The summed E-state index contributed by atoms with van der Waals surface area (Å²) in [5.74, 6) is 0.927. The zero-order valence-corrected chi connectivity index (χ0v) is 16.1. The maximum Gasteiger partial charge on any atom is 0.232 e. The molecular formula is C22H22FN3O2. The summed E-state index contributed by atoms with van der Waals surface area (Å²) in [6, 6.07) is 12.5. The van der Waals surface area contributed by atoms with Crippen LogP contribution in [0.1, 0.15) is 49.1 Å². The van der Waals surface area contributed by atoms with Crippen LogP contribution in [0.15, 0.2) is 47.0 Å². The third-order valence-corrected chi connectivity index (χ3v) is 5.20. The topological polar surface area (TPSA) is 59.2 Å². The lowest BCUT2D eigenvalue weighted by Gasteiger charge is -2.18. The lowest BCUT2D eigenvalue weighted by atomic mass is 10.0. The maximum atomic E-state index is 13.4. The van der Waals surface area contributed by atoms with Crippen LogP contribution in [-0.4, -0.2) is 22.6 Å². The minimum Gasteiger partial charge on any atom is -0.339 e. The van der Waals surface area contributed by atoms with E-state index in [0.717, 1.165) is 16.8 Å². The molecule has 144 valence electrons. The van der Waals surface area contributed by atoms with E-state index in [1.807, 2.05) is 12.1 Å². The summed E-state index contributed by atoms with van der Waals surface area (Å²) in [5.41, 5.74) is 3.58.